The van der Waals surface area contributed by atoms with Gasteiger partial charge in [-0.2, -0.15) is 0 Å². The van der Waals surface area contributed by atoms with E-state index in [4.69, 9.17) is 9.84 Å². The molecular weight excluding hydrogens is 358 g/mol. The summed E-state index contributed by atoms with van der Waals surface area (Å²) in [6, 6.07) is 3.86. The molecule has 3 N–H and O–H groups in total. The number of amides is 1. The first-order valence-corrected chi connectivity index (χ1v) is 9.74. The lowest BCUT2D eigenvalue weighted by molar-refractivity contribution is -0.138. The van der Waals surface area contributed by atoms with Crippen molar-refractivity contribution in [3.63, 3.8) is 0 Å². The number of aromatic hydroxyl groups is 1. The molecule has 0 aliphatic heterocycles. The topological polar surface area (TPSA) is 95.9 Å². The molecule has 0 unspecified atom stereocenters. The molecule has 0 aliphatic rings. The van der Waals surface area contributed by atoms with Crippen LogP contribution in [0.3, 0.4) is 0 Å². The smallest absolute Gasteiger partial charge is 0.287 e. The maximum atomic E-state index is 12.1. The van der Waals surface area contributed by atoms with Crippen LogP contribution in [-0.2, 0) is 31.6 Å². The molecule has 1 rings (SSSR count). The number of phenolic OH excluding ortho intramolecular Hbond substituents is 1. The largest absolute Gasteiger partial charge is 0.507 e. The van der Waals surface area contributed by atoms with Crippen molar-refractivity contribution >= 4 is 11.7 Å². The number of rotatable bonds is 9. The first kappa shape index (κ1) is 24.1. The molecule has 0 heterocycles. The highest BCUT2D eigenvalue weighted by Crippen LogP contribution is 2.39. The lowest BCUT2D eigenvalue weighted by Crippen LogP contribution is -2.33. The van der Waals surface area contributed by atoms with Gasteiger partial charge in [0.05, 0.1) is 19.8 Å². The number of nitrogens with one attached hydrogen (secondary N) is 1. The SMILES string of the molecule is CC(C)(C)c1cc(CCC(=O)C(=O)NCCOCCO)cc(C(C)(C)C)c1O. The highest BCUT2D eigenvalue weighted by Gasteiger charge is 2.26. The zero-order chi connectivity index (χ0) is 21.5. The summed E-state index contributed by atoms with van der Waals surface area (Å²) in [5, 5.41) is 21.9. The molecule has 6 nitrogen and oxygen atoms in total. The molecule has 0 atom stereocenters. The zero-order valence-electron chi connectivity index (χ0n) is 18.0. The van der Waals surface area contributed by atoms with Crippen LogP contribution in [0.1, 0.15) is 64.7 Å². The number of ether oxygens (including phenoxy) is 1. The van der Waals surface area contributed by atoms with Crippen molar-refractivity contribution in [1.82, 2.24) is 5.32 Å². The Kier molecular flexibility index (Phi) is 8.64. The van der Waals surface area contributed by atoms with Gasteiger partial charge >= 0.3 is 0 Å². The average molecular weight is 394 g/mol. The lowest BCUT2D eigenvalue weighted by Gasteiger charge is -2.28. The van der Waals surface area contributed by atoms with Gasteiger partial charge in [-0.05, 0) is 33.9 Å². The number of carbonyl (C=O) groups excluding carboxylic acids is 2. The van der Waals surface area contributed by atoms with Crippen molar-refractivity contribution in [2.45, 2.75) is 65.2 Å². The molecule has 0 spiro atoms. The summed E-state index contributed by atoms with van der Waals surface area (Å²) in [6.07, 6.45) is 0.529. The third-order valence-electron chi connectivity index (χ3n) is 4.45. The highest BCUT2D eigenvalue weighted by molar-refractivity contribution is 6.36. The summed E-state index contributed by atoms with van der Waals surface area (Å²) in [4.78, 5) is 24.0. The molecule has 0 bridgehead atoms. The number of hydrogen-bond acceptors (Lipinski definition) is 5. The number of Topliss-reactive ketones (excluding diaryl/α,β-unsaturated/α-hetero) is 1. The Bertz CT molecular complexity index is 648. The van der Waals surface area contributed by atoms with Crippen LogP contribution < -0.4 is 5.32 Å². The Hall–Kier alpha value is -1.92. The predicted octanol–water partition coefficient (Wildman–Crippen LogP) is 2.61. The van der Waals surface area contributed by atoms with Crippen molar-refractivity contribution in [3.8, 4) is 5.75 Å². The van der Waals surface area contributed by atoms with Crippen molar-refractivity contribution in [2.24, 2.45) is 0 Å². The molecule has 0 aliphatic carbocycles. The fourth-order valence-electron chi connectivity index (χ4n) is 2.86. The number of aryl methyl sites for hydroxylation is 1. The molecule has 1 amide bonds. The minimum atomic E-state index is -0.626. The number of carbonyl (C=O) groups is 2. The normalized spacial score (nSPS) is 12.1. The first-order valence-electron chi connectivity index (χ1n) is 9.74. The number of benzene rings is 1. The first-order chi connectivity index (χ1) is 12.9. The predicted molar refractivity (Wildman–Crippen MR) is 110 cm³/mol. The molecule has 0 saturated carbocycles. The van der Waals surface area contributed by atoms with Gasteiger partial charge in [-0.1, -0.05) is 53.7 Å². The quantitative estimate of drug-likeness (QED) is 0.443. The van der Waals surface area contributed by atoms with Gasteiger partial charge in [0.25, 0.3) is 5.91 Å². The Morgan fingerprint density at radius 1 is 1.00 bits per heavy atom. The van der Waals surface area contributed by atoms with E-state index >= 15 is 0 Å². The third-order valence-corrected chi connectivity index (χ3v) is 4.45. The van der Waals surface area contributed by atoms with Crippen LogP contribution in [0.25, 0.3) is 0 Å². The summed E-state index contributed by atoms with van der Waals surface area (Å²) in [7, 11) is 0. The maximum absolute atomic E-state index is 12.1. The van der Waals surface area contributed by atoms with Gasteiger partial charge in [0.1, 0.15) is 5.75 Å². The van der Waals surface area contributed by atoms with Crippen molar-refractivity contribution in [1.29, 1.82) is 0 Å². The number of aliphatic hydroxyl groups is 1. The molecule has 28 heavy (non-hydrogen) atoms. The molecule has 0 radical (unpaired) electrons. The van der Waals surface area contributed by atoms with Gasteiger partial charge in [0.15, 0.2) is 0 Å². The zero-order valence-corrected chi connectivity index (χ0v) is 18.0. The Morgan fingerprint density at radius 3 is 2.00 bits per heavy atom. The van der Waals surface area contributed by atoms with Crippen LogP contribution in [0.15, 0.2) is 12.1 Å². The Balaban J connectivity index is 2.83. The van der Waals surface area contributed by atoms with Crippen LogP contribution in [-0.4, -0.2) is 48.3 Å². The minimum absolute atomic E-state index is 0.0768. The fourth-order valence-corrected chi connectivity index (χ4v) is 2.86. The van der Waals surface area contributed by atoms with Crippen LogP contribution in [0, 0.1) is 0 Å². The highest BCUT2D eigenvalue weighted by atomic mass is 16.5. The van der Waals surface area contributed by atoms with Gasteiger partial charge in [-0.3, -0.25) is 9.59 Å². The van der Waals surface area contributed by atoms with Crippen LogP contribution in [0.2, 0.25) is 0 Å². The summed E-state index contributed by atoms with van der Waals surface area (Å²) >= 11 is 0. The molecule has 1 aromatic rings. The molecule has 6 heteroatoms. The van der Waals surface area contributed by atoms with Gasteiger partial charge in [-0.15, -0.1) is 0 Å². The lowest BCUT2D eigenvalue weighted by atomic mass is 9.78. The minimum Gasteiger partial charge on any atom is -0.507 e. The summed E-state index contributed by atoms with van der Waals surface area (Å²) in [5.74, 6) is -0.806. The van der Waals surface area contributed by atoms with Crippen molar-refractivity contribution < 1.29 is 24.5 Å². The van der Waals surface area contributed by atoms with E-state index in [2.05, 4.69) is 5.32 Å². The number of hydrogen-bond donors (Lipinski definition) is 3. The molecule has 0 aromatic heterocycles. The van der Waals surface area contributed by atoms with E-state index in [9.17, 15) is 14.7 Å². The van der Waals surface area contributed by atoms with Gasteiger partial charge in [0.2, 0.25) is 5.78 Å². The average Bonchev–Trinajstić information content (AvgIpc) is 2.58. The van der Waals surface area contributed by atoms with E-state index in [0.717, 1.165) is 16.7 Å². The van der Waals surface area contributed by atoms with Crippen LogP contribution >= 0.6 is 0 Å². The number of phenols is 1. The molecule has 158 valence electrons. The number of aliphatic hydroxyl groups excluding tert-OH is 1. The Labute approximate surface area is 168 Å². The second-order valence-corrected chi connectivity index (χ2v) is 9.05. The molecule has 0 fully saturated rings. The number of ketones is 1. The summed E-state index contributed by atoms with van der Waals surface area (Å²) in [5.41, 5.74) is 2.13. The van der Waals surface area contributed by atoms with Gasteiger partial charge < -0.3 is 20.3 Å². The van der Waals surface area contributed by atoms with E-state index in [1.165, 1.54) is 0 Å². The summed E-state index contributed by atoms with van der Waals surface area (Å²) < 4.78 is 5.04. The Morgan fingerprint density at radius 2 is 1.54 bits per heavy atom. The molecule has 0 saturated heterocycles. The van der Waals surface area contributed by atoms with E-state index in [-0.39, 0.29) is 43.6 Å². The fraction of sp³-hybridized carbons (Fsp3) is 0.636. The van der Waals surface area contributed by atoms with Crippen molar-refractivity contribution in [2.75, 3.05) is 26.4 Å². The monoisotopic (exact) mass is 393 g/mol. The standard InChI is InChI=1S/C22H35NO5/c1-21(2,3)16-13-15(14-17(19(16)26)22(4,5)6)7-8-18(25)20(27)23-9-11-28-12-10-24/h13-14,24,26H,7-12H2,1-6H3,(H,23,27). The van der Waals surface area contributed by atoms with Crippen LogP contribution in [0.5, 0.6) is 5.75 Å². The van der Waals surface area contributed by atoms with E-state index < -0.39 is 11.7 Å². The maximum Gasteiger partial charge on any atom is 0.287 e. The molecular formula is C22H35NO5. The van der Waals surface area contributed by atoms with E-state index in [1.54, 1.807) is 0 Å². The van der Waals surface area contributed by atoms with Crippen molar-refractivity contribution in [3.05, 3.63) is 28.8 Å². The summed E-state index contributed by atoms with van der Waals surface area (Å²) in [6.45, 7) is 12.8. The second kappa shape index (κ2) is 10.0. The third kappa shape index (κ3) is 7.24. The van der Waals surface area contributed by atoms with Gasteiger partial charge in [0, 0.05) is 13.0 Å². The van der Waals surface area contributed by atoms with Crippen LogP contribution in [0.4, 0.5) is 0 Å². The van der Waals surface area contributed by atoms with E-state index in [1.807, 2.05) is 53.7 Å². The second-order valence-electron chi connectivity index (χ2n) is 9.05. The molecule has 1 aromatic carbocycles. The van der Waals surface area contributed by atoms with Gasteiger partial charge in [-0.25, -0.2) is 0 Å². The van der Waals surface area contributed by atoms with E-state index in [0.29, 0.717) is 12.2 Å².